The average molecular weight is 249 g/mol. The van der Waals surface area contributed by atoms with E-state index in [0.29, 0.717) is 12.1 Å². The van der Waals surface area contributed by atoms with Gasteiger partial charge in [-0.15, -0.1) is 0 Å². The van der Waals surface area contributed by atoms with Gasteiger partial charge in [0.25, 0.3) is 0 Å². The van der Waals surface area contributed by atoms with Crippen molar-refractivity contribution >= 4 is 0 Å². The second-order valence-electron chi connectivity index (χ2n) is 3.80. The first-order chi connectivity index (χ1) is 8.74. The van der Waals surface area contributed by atoms with Gasteiger partial charge in [0.15, 0.2) is 0 Å². The molecule has 0 aliphatic heterocycles. The van der Waals surface area contributed by atoms with Crippen LogP contribution in [0.2, 0.25) is 0 Å². The van der Waals surface area contributed by atoms with Crippen molar-refractivity contribution in [1.29, 1.82) is 0 Å². The Bertz CT molecular complexity index is 497. The molecule has 94 valence electrons. The van der Waals surface area contributed by atoms with Crippen LogP contribution < -0.4 is 5.32 Å². The predicted octanol–water partition coefficient (Wildman–Crippen LogP) is 2.45. The molecule has 0 saturated heterocycles. The summed E-state index contributed by atoms with van der Waals surface area (Å²) < 4.78 is 27.6. The monoisotopic (exact) mass is 249 g/mol. The van der Waals surface area contributed by atoms with Crippen LogP contribution >= 0.6 is 0 Å². The molecule has 0 bridgehead atoms. The van der Waals surface area contributed by atoms with E-state index in [2.05, 4.69) is 15.5 Å². The molecule has 0 spiro atoms. The molecule has 0 aliphatic carbocycles. The van der Waals surface area contributed by atoms with Gasteiger partial charge >= 0.3 is 0 Å². The SMILES string of the molecule is CCNC(c1ccnnc1)c1c(F)cccc1F. The fourth-order valence-electron chi connectivity index (χ4n) is 1.85. The number of aromatic nitrogens is 2. The molecular weight excluding hydrogens is 236 g/mol. The molecule has 18 heavy (non-hydrogen) atoms. The number of halogens is 2. The second kappa shape index (κ2) is 5.64. The largest absolute Gasteiger partial charge is 0.306 e. The lowest BCUT2D eigenvalue weighted by Crippen LogP contribution is -2.24. The van der Waals surface area contributed by atoms with E-state index >= 15 is 0 Å². The van der Waals surface area contributed by atoms with Gasteiger partial charge in [0.1, 0.15) is 11.6 Å². The molecule has 5 heteroatoms. The first-order valence-electron chi connectivity index (χ1n) is 5.68. The van der Waals surface area contributed by atoms with Crippen molar-refractivity contribution in [2.75, 3.05) is 6.54 Å². The van der Waals surface area contributed by atoms with Gasteiger partial charge in [-0.1, -0.05) is 13.0 Å². The Kier molecular flexibility index (Phi) is 3.94. The van der Waals surface area contributed by atoms with Gasteiger partial charge in [0.2, 0.25) is 0 Å². The van der Waals surface area contributed by atoms with Crippen molar-refractivity contribution in [3.05, 3.63) is 59.4 Å². The van der Waals surface area contributed by atoms with Gasteiger partial charge in [-0.3, -0.25) is 0 Å². The molecule has 1 aromatic carbocycles. The van der Waals surface area contributed by atoms with E-state index in [1.54, 1.807) is 6.07 Å². The Balaban J connectivity index is 2.48. The van der Waals surface area contributed by atoms with Crippen LogP contribution in [0, 0.1) is 11.6 Å². The number of hydrogen-bond donors (Lipinski definition) is 1. The van der Waals surface area contributed by atoms with Crippen molar-refractivity contribution < 1.29 is 8.78 Å². The summed E-state index contributed by atoms with van der Waals surface area (Å²) in [7, 11) is 0. The average Bonchev–Trinajstić information content (AvgIpc) is 2.38. The summed E-state index contributed by atoms with van der Waals surface area (Å²) in [5, 5.41) is 10.4. The topological polar surface area (TPSA) is 37.8 Å². The molecule has 1 N–H and O–H groups in total. The molecule has 1 unspecified atom stereocenters. The van der Waals surface area contributed by atoms with Crippen LogP contribution in [-0.2, 0) is 0 Å². The molecule has 0 saturated carbocycles. The summed E-state index contributed by atoms with van der Waals surface area (Å²) in [6.07, 6.45) is 3.00. The van der Waals surface area contributed by atoms with Crippen molar-refractivity contribution in [3.8, 4) is 0 Å². The van der Waals surface area contributed by atoms with Crippen molar-refractivity contribution in [2.45, 2.75) is 13.0 Å². The van der Waals surface area contributed by atoms with E-state index in [1.165, 1.54) is 30.6 Å². The summed E-state index contributed by atoms with van der Waals surface area (Å²) in [5.74, 6) is -1.14. The number of nitrogens with one attached hydrogen (secondary N) is 1. The number of hydrogen-bond acceptors (Lipinski definition) is 3. The van der Waals surface area contributed by atoms with E-state index < -0.39 is 17.7 Å². The maximum absolute atomic E-state index is 13.8. The summed E-state index contributed by atoms with van der Waals surface area (Å²) in [5.41, 5.74) is 0.684. The highest BCUT2D eigenvalue weighted by atomic mass is 19.1. The van der Waals surface area contributed by atoms with Gasteiger partial charge < -0.3 is 5.32 Å². The lowest BCUT2D eigenvalue weighted by molar-refractivity contribution is 0.509. The summed E-state index contributed by atoms with van der Waals surface area (Å²) in [6.45, 7) is 2.46. The molecular formula is C13H13F2N3. The maximum Gasteiger partial charge on any atom is 0.131 e. The van der Waals surface area contributed by atoms with Crippen LogP contribution in [-0.4, -0.2) is 16.7 Å². The third kappa shape index (κ3) is 2.51. The zero-order valence-corrected chi connectivity index (χ0v) is 9.90. The van der Waals surface area contributed by atoms with E-state index in [0.717, 1.165) is 0 Å². The maximum atomic E-state index is 13.8. The van der Waals surface area contributed by atoms with Gasteiger partial charge in [0.05, 0.1) is 12.2 Å². The molecule has 1 aromatic heterocycles. The van der Waals surface area contributed by atoms with Gasteiger partial charge in [0, 0.05) is 11.8 Å². The number of rotatable bonds is 4. The second-order valence-corrected chi connectivity index (χ2v) is 3.80. The Labute approximate surface area is 104 Å². The Hall–Kier alpha value is -1.88. The van der Waals surface area contributed by atoms with E-state index in [4.69, 9.17) is 0 Å². The Morgan fingerprint density at radius 2 is 1.89 bits per heavy atom. The first-order valence-corrected chi connectivity index (χ1v) is 5.68. The van der Waals surface area contributed by atoms with Crippen LogP contribution in [0.1, 0.15) is 24.1 Å². The van der Waals surface area contributed by atoms with Crippen molar-refractivity contribution in [2.24, 2.45) is 0 Å². The van der Waals surface area contributed by atoms with Crippen molar-refractivity contribution in [1.82, 2.24) is 15.5 Å². The fraction of sp³-hybridized carbons (Fsp3) is 0.231. The Morgan fingerprint density at radius 1 is 1.17 bits per heavy atom. The van der Waals surface area contributed by atoms with E-state index in [-0.39, 0.29) is 5.56 Å². The highest BCUT2D eigenvalue weighted by Crippen LogP contribution is 2.26. The third-order valence-corrected chi connectivity index (χ3v) is 2.64. The molecule has 0 amide bonds. The summed E-state index contributed by atoms with van der Waals surface area (Å²) in [4.78, 5) is 0. The van der Waals surface area contributed by atoms with Gasteiger partial charge in [-0.2, -0.15) is 10.2 Å². The lowest BCUT2D eigenvalue weighted by atomic mass is 9.99. The minimum Gasteiger partial charge on any atom is -0.306 e. The fourth-order valence-corrected chi connectivity index (χ4v) is 1.85. The molecule has 0 fully saturated rings. The normalized spacial score (nSPS) is 12.4. The number of nitrogens with zero attached hydrogens (tertiary/aromatic N) is 2. The van der Waals surface area contributed by atoms with Crippen LogP contribution in [0.5, 0.6) is 0 Å². The molecule has 2 rings (SSSR count). The van der Waals surface area contributed by atoms with Crippen LogP contribution in [0.25, 0.3) is 0 Å². The van der Waals surface area contributed by atoms with Crippen molar-refractivity contribution in [3.63, 3.8) is 0 Å². The lowest BCUT2D eigenvalue weighted by Gasteiger charge is -2.19. The molecule has 2 aromatic rings. The first kappa shape index (κ1) is 12.6. The third-order valence-electron chi connectivity index (χ3n) is 2.64. The standard InChI is InChI=1S/C13H13F2N3/c1-2-16-13(9-6-7-17-18-8-9)12-10(14)4-3-5-11(12)15/h3-8,13,16H,2H2,1H3. The smallest absolute Gasteiger partial charge is 0.131 e. The highest BCUT2D eigenvalue weighted by Gasteiger charge is 2.21. The zero-order valence-electron chi connectivity index (χ0n) is 9.90. The molecule has 0 radical (unpaired) electrons. The quantitative estimate of drug-likeness (QED) is 0.904. The van der Waals surface area contributed by atoms with Crippen LogP contribution in [0.4, 0.5) is 8.78 Å². The van der Waals surface area contributed by atoms with Crippen LogP contribution in [0.3, 0.4) is 0 Å². The van der Waals surface area contributed by atoms with E-state index in [9.17, 15) is 8.78 Å². The summed E-state index contributed by atoms with van der Waals surface area (Å²) in [6, 6.07) is 4.97. The molecule has 1 atom stereocenters. The molecule has 1 heterocycles. The molecule has 0 aliphatic rings. The van der Waals surface area contributed by atoms with Crippen LogP contribution in [0.15, 0.2) is 36.7 Å². The minimum absolute atomic E-state index is 0.00681. The zero-order chi connectivity index (χ0) is 13.0. The van der Waals surface area contributed by atoms with Gasteiger partial charge in [-0.25, -0.2) is 8.78 Å². The predicted molar refractivity (Wildman–Crippen MR) is 63.9 cm³/mol. The van der Waals surface area contributed by atoms with E-state index in [1.807, 2.05) is 6.92 Å². The Morgan fingerprint density at radius 3 is 2.44 bits per heavy atom. The minimum atomic E-state index is -0.572. The highest BCUT2D eigenvalue weighted by molar-refractivity contribution is 5.31. The van der Waals surface area contributed by atoms with Gasteiger partial charge in [-0.05, 0) is 30.3 Å². The number of benzene rings is 1. The summed E-state index contributed by atoms with van der Waals surface area (Å²) >= 11 is 0. The molecule has 3 nitrogen and oxygen atoms in total.